The number of para-hydroxylation sites is 2. The molecule has 6 nitrogen and oxygen atoms in total. The van der Waals surface area contributed by atoms with Crippen LogP contribution >= 0.6 is 0 Å². The number of fused-ring (bicyclic) bond motifs is 4. The molecule has 2 heterocycles. The second-order valence-corrected chi connectivity index (χ2v) is 12.1. The third kappa shape index (κ3) is 5.17. The van der Waals surface area contributed by atoms with Gasteiger partial charge in [0.25, 0.3) is 0 Å². The zero-order valence-corrected chi connectivity index (χ0v) is 26.5. The van der Waals surface area contributed by atoms with Gasteiger partial charge in [0.05, 0.1) is 11.0 Å². The lowest BCUT2D eigenvalue weighted by atomic mass is 9.86. The van der Waals surface area contributed by atoms with Crippen molar-refractivity contribution >= 4 is 54.7 Å². The van der Waals surface area contributed by atoms with Gasteiger partial charge in [-0.25, -0.2) is 0 Å². The SMILES string of the molecule is Cc1ccc2cccc([N-]C(c3c([O-])ccc4ccccc34)C([N-]c3cccc4ccc(C)nc34)c3c([O-])ccc4ccccc34)c2n1. The molecule has 0 bridgehead atoms. The topological polar surface area (TPSA) is 100 Å². The van der Waals surface area contributed by atoms with E-state index in [4.69, 9.17) is 20.6 Å². The van der Waals surface area contributed by atoms with E-state index >= 15 is 0 Å². The van der Waals surface area contributed by atoms with Gasteiger partial charge < -0.3 is 20.8 Å². The molecule has 0 saturated carbocycles. The monoisotopic (exact) mass is 622 g/mol. The predicted molar refractivity (Wildman–Crippen MR) is 191 cm³/mol. The molecular weight excluding hydrogens is 592 g/mol. The minimum Gasteiger partial charge on any atom is -0.872 e. The molecule has 6 heteroatoms. The fourth-order valence-electron chi connectivity index (χ4n) is 6.71. The second kappa shape index (κ2) is 11.9. The van der Waals surface area contributed by atoms with Crippen molar-refractivity contribution in [2.24, 2.45) is 0 Å². The van der Waals surface area contributed by atoms with E-state index in [0.717, 1.165) is 54.7 Å². The summed E-state index contributed by atoms with van der Waals surface area (Å²) in [5.41, 5.74) is 5.33. The summed E-state index contributed by atoms with van der Waals surface area (Å²) in [5, 5.41) is 44.4. The lowest BCUT2D eigenvalue weighted by Gasteiger charge is -2.51. The molecule has 0 saturated heterocycles. The van der Waals surface area contributed by atoms with Gasteiger partial charge in [-0.3, -0.25) is 9.97 Å². The third-order valence-electron chi connectivity index (χ3n) is 8.98. The average Bonchev–Trinajstić information content (AvgIpc) is 3.10. The Morgan fingerprint density at radius 3 is 1.29 bits per heavy atom. The molecule has 8 rings (SSSR count). The van der Waals surface area contributed by atoms with Crippen LogP contribution < -0.4 is 10.2 Å². The highest BCUT2D eigenvalue weighted by atomic mass is 16.3. The molecule has 48 heavy (non-hydrogen) atoms. The number of nitrogens with zero attached hydrogens (tertiary/aromatic N) is 4. The van der Waals surface area contributed by atoms with Crippen molar-refractivity contribution in [3.05, 3.63) is 167 Å². The lowest BCUT2D eigenvalue weighted by molar-refractivity contribution is -0.270. The molecule has 0 amide bonds. The van der Waals surface area contributed by atoms with E-state index in [1.54, 1.807) is 12.1 Å². The van der Waals surface area contributed by atoms with Gasteiger partial charge in [0.15, 0.2) is 0 Å². The molecule has 2 aromatic heterocycles. The van der Waals surface area contributed by atoms with Crippen molar-refractivity contribution in [1.82, 2.24) is 9.97 Å². The molecule has 8 aromatic rings. The first kappa shape index (κ1) is 29.3. The molecule has 0 radical (unpaired) electrons. The number of pyridine rings is 2. The van der Waals surface area contributed by atoms with Crippen LogP contribution in [0.5, 0.6) is 11.5 Å². The summed E-state index contributed by atoms with van der Waals surface area (Å²) in [4.78, 5) is 9.73. The van der Waals surface area contributed by atoms with Crippen LogP contribution in [0.1, 0.15) is 34.6 Å². The van der Waals surface area contributed by atoms with Crippen LogP contribution in [0.3, 0.4) is 0 Å². The van der Waals surface area contributed by atoms with Crippen molar-refractivity contribution in [3.8, 4) is 11.5 Å². The maximum absolute atomic E-state index is 14.2. The molecule has 0 aliphatic rings. The molecule has 234 valence electrons. The van der Waals surface area contributed by atoms with Gasteiger partial charge >= 0.3 is 0 Å². The fourth-order valence-corrected chi connectivity index (χ4v) is 6.71. The van der Waals surface area contributed by atoms with Crippen LogP contribution in [0.2, 0.25) is 0 Å². The largest absolute Gasteiger partial charge is 0.872 e. The minimum atomic E-state index is -0.893. The van der Waals surface area contributed by atoms with E-state index in [-0.39, 0.29) is 11.5 Å². The number of hydrogen-bond acceptors (Lipinski definition) is 4. The van der Waals surface area contributed by atoms with E-state index in [2.05, 4.69) is 0 Å². The smallest absolute Gasteiger partial charge is 0.0556 e. The highest BCUT2D eigenvalue weighted by molar-refractivity contribution is 5.96. The zero-order valence-electron chi connectivity index (χ0n) is 26.5. The summed E-state index contributed by atoms with van der Waals surface area (Å²) in [7, 11) is 0. The van der Waals surface area contributed by atoms with Crippen molar-refractivity contribution in [3.63, 3.8) is 0 Å². The molecular formula is C42H30N4O2-4. The number of hydrogen-bond donors (Lipinski definition) is 0. The molecule has 0 aliphatic carbocycles. The minimum absolute atomic E-state index is 0.174. The van der Waals surface area contributed by atoms with Gasteiger partial charge in [-0.2, -0.15) is 0 Å². The van der Waals surface area contributed by atoms with Crippen LogP contribution in [-0.4, -0.2) is 9.97 Å². The maximum Gasteiger partial charge on any atom is 0.0556 e. The molecule has 0 aliphatic heterocycles. The van der Waals surface area contributed by atoms with Gasteiger partial charge in [0.2, 0.25) is 0 Å². The summed E-state index contributed by atoms with van der Waals surface area (Å²) < 4.78 is 0. The number of rotatable bonds is 7. The van der Waals surface area contributed by atoms with Crippen LogP contribution in [-0.2, 0) is 0 Å². The summed E-state index contributed by atoms with van der Waals surface area (Å²) in [6.45, 7) is 3.89. The van der Waals surface area contributed by atoms with Gasteiger partial charge in [-0.05, 0) is 58.3 Å². The Bertz CT molecular complexity index is 2320. The molecule has 0 N–H and O–H groups in total. The Hall–Kier alpha value is -6.14. The standard InChI is InChI=1S/C42H32N4O2/c1-25-17-19-29-11-7-15-33(39(29)43-25)45-41(37-31-13-5-3-9-27(31)21-23-35(37)47)42(38-32-14-6-4-10-28(32)22-24-36(38)48)46-34-16-8-12-30-20-18-26(2)44-40(30)34/h3-24,41-42,47-48H,1-2H3/q-2/p-2. The van der Waals surface area contributed by atoms with Crippen LogP contribution in [0.25, 0.3) is 54.0 Å². The van der Waals surface area contributed by atoms with Crippen molar-refractivity contribution in [1.29, 1.82) is 0 Å². The second-order valence-electron chi connectivity index (χ2n) is 12.1. The van der Waals surface area contributed by atoms with E-state index in [0.29, 0.717) is 22.5 Å². The van der Waals surface area contributed by atoms with Crippen LogP contribution in [0.15, 0.2) is 133 Å². The van der Waals surface area contributed by atoms with Crippen molar-refractivity contribution < 1.29 is 10.2 Å². The fraction of sp³-hybridized carbons (Fsp3) is 0.0952. The first-order valence-corrected chi connectivity index (χ1v) is 16.0. The van der Waals surface area contributed by atoms with Gasteiger partial charge in [-0.15, -0.1) is 35.0 Å². The summed E-state index contributed by atoms with van der Waals surface area (Å²) in [5.74, 6) is -0.349. The quantitative estimate of drug-likeness (QED) is 0.177. The Balaban J connectivity index is 1.45. The summed E-state index contributed by atoms with van der Waals surface area (Å²) in [6, 6.07) is 40.4. The Kier molecular flexibility index (Phi) is 7.26. The normalized spacial score (nSPS) is 12.8. The van der Waals surface area contributed by atoms with Crippen LogP contribution in [0.4, 0.5) is 11.4 Å². The van der Waals surface area contributed by atoms with Gasteiger partial charge in [0.1, 0.15) is 0 Å². The highest BCUT2D eigenvalue weighted by Gasteiger charge is 2.19. The first-order chi connectivity index (χ1) is 23.4. The zero-order chi connectivity index (χ0) is 32.8. The van der Waals surface area contributed by atoms with Crippen molar-refractivity contribution in [2.75, 3.05) is 0 Å². The van der Waals surface area contributed by atoms with E-state index in [9.17, 15) is 10.2 Å². The van der Waals surface area contributed by atoms with E-state index in [1.807, 2.05) is 135 Å². The molecule has 2 atom stereocenters. The Labute approximate surface area is 278 Å². The lowest BCUT2D eigenvalue weighted by Crippen LogP contribution is -2.15. The Morgan fingerprint density at radius 2 is 0.833 bits per heavy atom. The van der Waals surface area contributed by atoms with Crippen molar-refractivity contribution in [2.45, 2.75) is 25.9 Å². The molecule has 6 aromatic carbocycles. The molecule has 0 fully saturated rings. The first-order valence-electron chi connectivity index (χ1n) is 16.0. The third-order valence-corrected chi connectivity index (χ3v) is 8.98. The summed E-state index contributed by atoms with van der Waals surface area (Å²) in [6.07, 6.45) is 0. The number of benzene rings is 6. The molecule has 0 spiro atoms. The molecule has 2 unspecified atom stereocenters. The van der Waals surface area contributed by atoms with E-state index < -0.39 is 12.1 Å². The average molecular weight is 623 g/mol. The highest BCUT2D eigenvalue weighted by Crippen LogP contribution is 2.55. The number of aromatic nitrogens is 2. The van der Waals surface area contributed by atoms with E-state index in [1.165, 1.54) is 0 Å². The van der Waals surface area contributed by atoms with Crippen LogP contribution in [0, 0.1) is 13.8 Å². The van der Waals surface area contributed by atoms with Gasteiger partial charge in [-0.1, -0.05) is 132 Å². The number of aryl methyl sites for hydroxylation is 2. The summed E-state index contributed by atoms with van der Waals surface area (Å²) >= 11 is 0. The maximum atomic E-state index is 14.2. The Morgan fingerprint density at radius 1 is 0.438 bits per heavy atom. The predicted octanol–water partition coefficient (Wildman–Crippen LogP) is 10.0. The van der Waals surface area contributed by atoms with Gasteiger partial charge in [0, 0.05) is 11.4 Å².